The lowest BCUT2D eigenvalue weighted by Crippen LogP contribution is -2.35. The van der Waals surface area contributed by atoms with E-state index in [1.165, 1.54) is 24.2 Å². The fourth-order valence-corrected chi connectivity index (χ4v) is 3.42. The van der Waals surface area contributed by atoms with Crippen LogP contribution in [0.5, 0.6) is 0 Å². The van der Waals surface area contributed by atoms with Gasteiger partial charge in [-0.15, -0.1) is 11.3 Å². The first-order chi connectivity index (χ1) is 7.65. The molecule has 0 aromatic carbocycles. The van der Waals surface area contributed by atoms with Gasteiger partial charge >= 0.3 is 0 Å². The van der Waals surface area contributed by atoms with Gasteiger partial charge in [-0.05, 0) is 31.4 Å². The second-order valence-corrected chi connectivity index (χ2v) is 6.61. The monoisotopic (exact) mass is 275 g/mol. The van der Waals surface area contributed by atoms with E-state index in [1.807, 2.05) is 6.07 Å². The zero-order valence-corrected chi connectivity index (χ0v) is 11.5. The third-order valence-electron chi connectivity index (χ3n) is 2.89. The van der Waals surface area contributed by atoms with Crippen molar-refractivity contribution in [2.45, 2.75) is 25.8 Å². The van der Waals surface area contributed by atoms with Crippen molar-refractivity contribution < 1.29 is 0 Å². The van der Waals surface area contributed by atoms with Crippen molar-refractivity contribution in [3.8, 4) is 0 Å². The third kappa shape index (κ3) is 3.24. The molecule has 2 unspecified atom stereocenters. The van der Waals surface area contributed by atoms with E-state index in [0.717, 1.165) is 26.7 Å². The Labute approximate surface area is 110 Å². The number of halogens is 2. The van der Waals surface area contributed by atoms with Gasteiger partial charge in [0.1, 0.15) is 4.34 Å². The SMILES string of the molecule is CC1CCNC(/C=C/c2cc(Cl)sc2Cl)C1. The van der Waals surface area contributed by atoms with Crippen LogP contribution in [0.1, 0.15) is 25.3 Å². The molecule has 0 bridgehead atoms. The second kappa shape index (κ2) is 5.54. The first-order valence-corrected chi connectivity index (χ1v) is 7.09. The normalized spacial score (nSPS) is 26.4. The molecular weight excluding hydrogens is 261 g/mol. The van der Waals surface area contributed by atoms with Crippen molar-refractivity contribution in [2.24, 2.45) is 5.92 Å². The molecule has 88 valence electrons. The first kappa shape index (κ1) is 12.4. The molecule has 1 N–H and O–H groups in total. The zero-order valence-electron chi connectivity index (χ0n) is 9.17. The van der Waals surface area contributed by atoms with Gasteiger partial charge in [-0.3, -0.25) is 0 Å². The van der Waals surface area contributed by atoms with Crippen LogP contribution < -0.4 is 5.32 Å². The molecule has 1 aliphatic rings. The molecule has 1 aromatic rings. The Bertz CT molecular complexity index is 386. The van der Waals surface area contributed by atoms with Crippen molar-refractivity contribution in [1.82, 2.24) is 5.32 Å². The molecule has 2 atom stereocenters. The maximum absolute atomic E-state index is 6.05. The molecule has 1 nitrogen and oxygen atoms in total. The van der Waals surface area contributed by atoms with E-state index in [0.29, 0.717) is 6.04 Å². The van der Waals surface area contributed by atoms with E-state index in [-0.39, 0.29) is 0 Å². The highest BCUT2D eigenvalue weighted by molar-refractivity contribution is 7.20. The van der Waals surface area contributed by atoms with Crippen LogP contribution in [0.3, 0.4) is 0 Å². The summed E-state index contributed by atoms with van der Waals surface area (Å²) in [6, 6.07) is 2.38. The highest BCUT2D eigenvalue weighted by atomic mass is 35.5. The highest BCUT2D eigenvalue weighted by Crippen LogP contribution is 2.32. The summed E-state index contributed by atoms with van der Waals surface area (Å²) in [6.07, 6.45) is 6.74. The van der Waals surface area contributed by atoms with Gasteiger partial charge in [0.2, 0.25) is 0 Å². The number of hydrogen-bond donors (Lipinski definition) is 1. The van der Waals surface area contributed by atoms with Gasteiger partial charge in [0.05, 0.1) is 4.34 Å². The van der Waals surface area contributed by atoms with E-state index < -0.39 is 0 Å². The first-order valence-electron chi connectivity index (χ1n) is 5.51. The van der Waals surface area contributed by atoms with Gasteiger partial charge < -0.3 is 5.32 Å². The molecule has 0 spiro atoms. The van der Waals surface area contributed by atoms with Gasteiger partial charge in [-0.1, -0.05) is 42.3 Å². The van der Waals surface area contributed by atoms with Crippen molar-refractivity contribution in [2.75, 3.05) is 6.54 Å². The lowest BCUT2D eigenvalue weighted by molar-refractivity contribution is 0.357. The maximum atomic E-state index is 6.05. The summed E-state index contributed by atoms with van der Waals surface area (Å²) >= 11 is 13.4. The molecule has 16 heavy (non-hydrogen) atoms. The number of nitrogens with one attached hydrogen (secondary N) is 1. The Morgan fingerprint density at radius 2 is 2.31 bits per heavy atom. The Morgan fingerprint density at radius 3 is 2.94 bits per heavy atom. The van der Waals surface area contributed by atoms with Crippen LogP contribution in [-0.2, 0) is 0 Å². The molecular formula is C12H15Cl2NS. The maximum Gasteiger partial charge on any atom is 0.102 e. The third-order valence-corrected chi connectivity index (χ3v) is 4.41. The Balaban J connectivity index is 2.00. The lowest BCUT2D eigenvalue weighted by Gasteiger charge is -2.25. The van der Waals surface area contributed by atoms with Crippen LogP contribution in [0, 0.1) is 5.92 Å². The number of piperidine rings is 1. The average Bonchev–Trinajstić information content (AvgIpc) is 2.54. The Hall–Kier alpha value is -0.0200. The van der Waals surface area contributed by atoms with Crippen molar-refractivity contribution in [1.29, 1.82) is 0 Å². The van der Waals surface area contributed by atoms with Crippen LogP contribution >= 0.6 is 34.5 Å². The van der Waals surface area contributed by atoms with Crippen molar-refractivity contribution in [3.63, 3.8) is 0 Å². The quantitative estimate of drug-likeness (QED) is 0.841. The van der Waals surface area contributed by atoms with Crippen molar-refractivity contribution in [3.05, 3.63) is 26.4 Å². The second-order valence-electron chi connectivity index (χ2n) is 4.33. The zero-order chi connectivity index (χ0) is 11.5. The summed E-state index contributed by atoms with van der Waals surface area (Å²) in [4.78, 5) is 0. The molecule has 0 amide bonds. The average molecular weight is 276 g/mol. The van der Waals surface area contributed by atoms with Gasteiger partial charge in [-0.25, -0.2) is 0 Å². The van der Waals surface area contributed by atoms with Crippen molar-refractivity contribution >= 4 is 40.6 Å². The fraction of sp³-hybridized carbons (Fsp3) is 0.500. The van der Waals surface area contributed by atoms with E-state index in [2.05, 4.69) is 24.4 Å². The predicted octanol–water partition coefficient (Wildman–Crippen LogP) is 4.46. The minimum Gasteiger partial charge on any atom is -0.310 e. The molecule has 1 fully saturated rings. The summed E-state index contributed by atoms with van der Waals surface area (Å²) < 4.78 is 1.51. The van der Waals surface area contributed by atoms with E-state index in [9.17, 15) is 0 Å². The summed E-state index contributed by atoms with van der Waals surface area (Å²) in [5, 5.41) is 3.49. The molecule has 1 aliphatic heterocycles. The number of rotatable bonds is 2. The molecule has 0 saturated carbocycles. The minimum atomic E-state index is 0.471. The van der Waals surface area contributed by atoms with Gasteiger partial charge in [0, 0.05) is 11.6 Å². The molecule has 4 heteroatoms. The standard InChI is InChI=1S/C12H15Cl2NS/c1-8-4-5-15-10(6-8)3-2-9-7-11(13)16-12(9)14/h2-3,7-8,10,15H,4-6H2,1H3/b3-2+. The van der Waals surface area contributed by atoms with Crippen LogP contribution in [0.15, 0.2) is 12.1 Å². The van der Waals surface area contributed by atoms with E-state index in [4.69, 9.17) is 23.2 Å². The highest BCUT2D eigenvalue weighted by Gasteiger charge is 2.15. The van der Waals surface area contributed by atoms with Gasteiger partial charge in [-0.2, -0.15) is 0 Å². The van der Waals surface area contributed by atoms with Crippen LogP contribution in [0.4, 0.5) is 0 Å². The molecule has 2 heterocycles. The van der Waals surface area contributed by atoms with Crippen LogP contribution in [0.2, 0.25) is 8.67 Å². The van der Waals surface area contributed by atoms with Gasteiger partial charge in [0.25, 0.3) is 0 Å². The van der Waals surface area contributed by atoms with E-state index in [1.54, 1.807) is 0 Å². The predicted molar refractivity (Wildman–Crippen MR) is 73.6 cm³/mol. The molecule has 1 saturated heterocycles. The summed E-state index contributed by atoms with van der Waals surface area (Å²) in [5.74, 6) is 0.803. The minimum absolute atomic E-state index is 0.471. The van der Waals surface area contributed by atoms with Gasteiger partial charge in [0.15, 0.2) is 0 Å². The molecule has 2 rings (SSSR count). The molecule has 1 aromatic heterocycles. The molecule has 0 aliphatic carbocycles. The molecule has 0 radical (unpaired) electrons. The Kier molecular flexibility index (Phi) is 4.31. The van der Waals surface area contributed by atoms with Crippen LogP contribution in [-0.4, -0.2) is 12.6 Å². The lowest BCUT2D eigenvalue weighted by atomic mass is 9.94. The van der Waals surface area contributed by atoms with Crippen LogP contribution in [0.25, 0.3) is 6.08 Å². The summed E-state index contributed by atoms with van der Waals surface area (Å²) in [7, 11) is 0. The summed E-state index contributed by atoms with van der Waals surface area (Å²) in [5.41, 5.74) is 1.02. The topological polar surface area (TPSA) is 12.0 Å². The number of thiophene rings is 1. The number of hydrogen-bond acceptors (Lipinski definition) is 2. The Morgan fingerprint density at radius 1 is 1.50 bits per heavy atom. The smallest absolute Gasteiger partial charge is 0.102 e. The largest absolute Gasteiger partial charge is 0.310 e. The fourth-order valence-electron chi connectivity index (χ4n) is 1.98. The van der Waals surface area contributed by atoms with E-state index >= 15 is 0 Å². The summed E-state index contributed by atoms with van der Waals surface area (Å²) in [6.45, 7) is 3.41.